The molecule has 0 bridgehead atoms. The predicted molar refractivity (Wildman–Crippen MR) is 82.9 cm³/mol. The van der Waals surface area contributed by atoms with Gasteiger partial charge in [-0.1, -0.05) is 0 Å². The molecule has 1 saturated heterocycles. The van der Waals surface area contributed by atoms with Crippen molar-refractivity contribution in [2.24, 2.45) is 5.73 Å². The van der Waals surface area contributed by atoms with Gasteiger partial charge < -0.3 is 10.6 Å². The molecule has 0 spiro atoms. The first kappa shape index (κ1) is 16.4. The van der Waals surface area contributed by atoms with E-state index in [0.717, 1.165) is 30.6 Å². The van der Waals surface area contributed by atoms with Gasteiger partial charge in [-0.25, -0.2) is 13.1 Å². The third-order valence-electron chi connectivity index (χ3n) is 3.78. The third kappa shape index (κ3) is 3.45. The van der Waals surface area contributed by atoms with Gasteiger partial charge in [0.15, 0.2) is 0 Å². The van der Waals surface area contributed by atoms with Crippen molar-refractivity contribution in [3.8, 4) is 0 Å². The summed E-state index contributed by atoms with van der Waals surface area (Å²) < 4.78 is 25.7. The topological polar surface area (TPSA) is 92.5 Å². The quantitative estimate of drug-likeness (QED) is 0.861. The van der Waals surface area contributed by atoms with Crippen LogP contribution in [-0.4, -0.2) is 44.9 Å². The molecule has 3 N–H and O–H groups in total. The number of amides is 1. The van der Waals surface area contributed by atoms with E-state index in [2.05, 4.69) is 4.72 Å². The SMILES string of the molecule is CNS(=O)(=O)c1csc(C(=O)N2CCCC[C@H]2[C@@H](C)N)c1. The van der Waals surface area contributed by atoms with E-state index in [-0.39, 0.29) is 22.9 Å². The summed E-state index contributed by atoms with van der Waals surface area (Å²) in [7, 11) is -2.15. The second kappa shape index (κ2) is 6.43. The van der Waals surface area contributed by atoms with Crippen LogP contribution in [0.3, 0.4) is 0 Å². The maximum Gasteiger partial charge on any atom is 0.264 e. The number of carbonyl (C=O) groups is 1. The Hall–Kier alpha value is -0.960. The molecule has 0 aliphatic carbocycles. The van der Waals surface area contributed by atoms with Crippen molar-refractivity contribution in [3.63, 3.8) is 0 Å². The van der Waals surface area contributed by atoms with Crippen LogP contribution in [0.4, 0.5) is 0 Å². The Kier molecular flexibility index (Phi) is 5.03. The molecule has 21 heavy (non-hydrogen) atoms. The summed E-state index contributed by atoms with van der Waals surface area (Å²) in [6.45, 7) is 2.58. The van der Waals surface area contributed by atoms with Crippen molar-refractivity contribution < 1.29 is 13.2 Å². The average molecular weight is 331 g/mol. The van der Waals surface area contributed by atoms with E-state index in [0.29, 0.717) is 11.4 Å². The van der Waals surface area contributed by atoms with E-state index in [1.807, 2.05) is 6.92 Å². The lowest BCUT2D eigenvalue weighted by Crippen LogP contribution is -2.51. The Labute approximate surface area is 129 Å². The van der Waals surface area contributed by atoms with Crippen molar-refractivity contribution in [2.75, 3.05) is 13.6 Å². The summed E-state index contributed by atoms with van der Waals surface area (Å²) in [4.78, 5) is 15.0. The Morgan fingerprint density at radius 1 is 1.52 bits per heavy atom. The Bertz CT molecular complexity index is 610. The van der Waals surface area contributed by atoms with E-state index >= 15 is 0 Å². The molecule has 6 nitrogen and oxygen atoms in total. The lowest BCUT2D eigenvalue weighted by Gasteiger charge is -2.37. The van der Waals surface area contributed by atoms with Gasteiger partial charge in [-0.05, 0) is 39.3 Å². The largest absolute Gasteiger partial charge is 0.333 e. The normalized spacial score (nSPS) is 21.3. The molecular weight excluding hydrogens is 310 g/mol. The highest BCUT2D eigenvalue weighted by Gasteiger charge is 2.31. The Morgan fingerprint density at radius 3 is 2.86 bits per heavy atom. The number of likely N-dealkylation sites (tertiary alicyclic amines) is 1. The van der Waals surface area contributed by atoms with E-state index in [1.165, 1.54) is 18.5 Å². The molecule has 2 heterocycles. The number of piperidine rings is 1. The summed E-state index contributed by atoms with van der Waals surface area (Å²) in [6, 6.07) is 1.37. The van der Waals surface area contributed by atoms with Gasteiger partial charge in [-0.15, -0.1) is 11.3 Å². The molecule has 1 fully saturated rings. The molecule has 118 valence electrons. The smallest absolute Gasteiger partial charge is 0.264 e. The summed E-state index contributed by atoms with van der Waals surface area (Å²) in [5.74, 6) is -0.125. The molecule has 0 radical (unpaired) electrons. The third-order valence-corrected chi connectivity index (χ3v) is 6.24. The first-order valence-corrected chi connectivity index (χ1v) is 9.31. The number of nitrogens with zero attached hydrogens (tertiary/aromatic N) is 1. The first-order valence-electron chi connectivity index (χ1n) is 6.95. The van der Waals surface area contributed by atoms with E-state index in [9.17, 15) is 13.2 Å². The number of carbonyl (C=O) groups excluding carboxylic acids is 1. The molecule has 0 aromatic carbocycles. The van der Waals surface area contributed by atoms with Gasteiger partial charge in [0, 0.05) is 24.0 Å². The van der Waals surface area contributed by atoms with Crippen LogP contribution in [0.5, 0.6) is 0 Å². The standard InChI is InChI=1S/C13H21N3O3S2/c1-9(14)11-5-3-4-6-16(11)13(17)12-7-10(8-20-12)21(18,19)15-2/h7-9,11,15H,3-6,14H2,1-2H3/t9-,11+/m1/s1. The molecule has 1 amide bonds. The number of hydrogen-bond donors (Lipinski definition) is 2. The predicted octanol–water partition coefficient (Wildman–Crippen LogP) is 0.998. The number of nitrogens with one attached hydrogen (secondary N) is 1. The van der Waals surface area contributed by atoms with Gasteiger partial charge in [-0.3, -0.25) is 4.79 Å². The molecule has 0 unspecified atom stereocenters. The van der Waals surface area contributed by atoms with Gasteiger partial charge >= 0.3 is 0 Å². The highest BCUT2D eigenvalue weighted by molar-refractivity contribution is 7.89. The lowest BCUT2D eigenvalue weighted by atomic mass is 9.97. The van der Waals surface area contributed by atoms with Crippen molar-refractivity contribution in [3.05, 3.63) is 16.3 Å². The minimum Gasteiger partial charge on any atom is -0.333 e. The fourth-order valence-electron chi connectivity index (χ4n) is 2.59. The molecule has 2 rings (SSSR count). The number of sulfonamides is 1. The maximum absolute atomic E-state index is 12.6. The van der Waals surface area contributed by atoms with Gasteiger partial charge in [-0.2, -0.15) is 0 Å². The van der Waals surface area contributed by atoms with Crippen LogP contribution in [0.15, 0.2) is 16.3 Å². The van der Waals surface area contributed by atoms with Crippen molar-refractivity contribution >= 4 is 27.3 Å². The fraction of sp³-hybridized carbons (Fsp3) is 0.615. The average Bonchev–Trinajstić information content (AvgIpc) is 2.97. The van der Waals surface area contributed by atoms with Gasteiger partial charge in [0.1, 0.15) is 0 Å². The molecule has 1 aromatic heterocycles. The highest BCUT2D eigenvalue weighted by Crippen LogP contribution is 2.25. The molecule has 0 saturated carbocycles. The van der Waals surface area contributed by atoms with Gasteiger partial charge in [0.2, 0.25) is 10.0 Å². The maximum atomic E-state index is 12.6. The van der Waals surface area contributed by atoms with Crippen molar-refractivity contribution in [2.45, 2.75) is 43.2 Å². The summed E-state index contributed by atoms with van der Waals surface area (Å²) in [6.07, 6.45) is 2.93. The van der Waals surface area contributed by atoms with Crippen molar-refractivity contribution in [1.29, 1.82) is 0 Å². The zero-order chi connectivity index (χ0) is 15.6. The molecule has 1 aliphatic heterocycles. The lowest BCUT2D eigenvalue weighted by molar-refractivity contribution is 0.0588. The number of nitrogens with two attached hydrogens (primary N) is 1. The van der Waals surface area contributed by atoms with Crippen LogP contribution in [0, 0.1) is 0 Å². The van der Waals surface area contributed by atoms with Gasteiger partial charge in [0.25, 0.3) is 5.91 Å². The first-order chi connectivity index (χ1) is 9.86. The van der Waals surface area contributed by atoms with Crippen molar-refractivity contribution in [1.82, 2.24) is 9.62 Å². The number of rotatable bonds is 4. The summed E-state index contributed by atoms with van der Waals surface area (Å²) in [5, 5.41) is 1.49. The van der Waals surface area contributed by atoms with Gasteiger partial charge in [0.05, 0.1) is 9.77 Å². The second-order valence-corrected chi connectivity index (χ2v) is 8.07. The van der Waals surface area contributed by atoms with Crippen LogP contribution in [0.2, 0.25) is 0 Å². The number of hydrogen-bond acceptors (Lipinski definition) is 5. The Morgan fingerprint density at radius 2 is 2.24 bits per heavy atom. The highest BCUT2D eigenvalue weighted by atomic mass is 32.2. The van der Waals surface area contributed by atoms with E-state index < -0.39 is 10.0 Å². The minimum absolute atomic E-state index is 0.0257. The van der Waals surface area contributed by atoms with E-state index in [4.69, 9.17) is 5.73 Å². The van der Waals surface area contributed by atoms with Crippen LogP contribution in [0.1, 0.15) is 35.9 Å². The molecular formula is C13H21N3O3S2. The molecule has 1 aliphatic rings. The van der Waals surface area contributed by atoms with Crippen LogP contribution in [-0.2, 0) is 10.0 Å². The number of thiophene rings is 1. The molecule has 2 atom stereocenters. The van der Waals surface area contributed by atoms with Crippen LogP contribution >= 0.6 is 11.3 Å². The summed E-state index contributed by atoms with van der Waals surface area (Å²) >= 11 is 1.16. The van der Waals surface area contributed by atoms with E-state index in [1.54, 1.807) is 4.90 Å². The van der Waals surface area contributed by atoms with Crippen LogP contribution < -0.4 is 10.5 Å². The molecule has 1 aromatic rings. The van der Waals surface area contributed by atoms with Crippen LogP contribution in [0.25, 0.3) is 0 Å². The zero-order valence-electron chi connectivity index (χ0n) is 12.2. The Balaban J connectivity index is 2.23. The second-order valence-electron chi connectivity index (χ2n) is 5.28. The monoisotopic (exact) mass is 331 g/mol. The zero-order valence-corrected chi connectivity index (χ0v) is 13.8. The minimum atomic E-state index is -3.51. The summed E-state index contributed by atoms with van der Waals surface area (Å²) in [5.41, 5.74) is 5.97. The fourth-order valence-corrected chi connectivity index (χ4v) is 4.55. The molecule has 8 heteroatoms.